The molecule has 82 valence electrons. The minimum Gasteiger partial charge on any atom is -0.475 e. The molecule has 6 nitrogen and oxygen atoms in total. The normalized spacial score (nSPS) is 19.3. The highest BCUT2D eigenvalue weighted by atomic mass is 16.5. The van der Waals surface area contributed by atoms with Gasteiger partial charge in [-0.25, -0.2) is 4.79 Å². The SMILES string of the molecule is NC1(Cc2nc(C(=O)O)no2)CCCC1. The molecule has 0 amide bonds. The summed E-state index contributed by atoms with van der Waals surface area (Å²) in [5, 5.41) is 12.0. The second-order valence-electron chi connectivity index (χ2n) is 4.06. The Morgan fingerprint density at radius 2 is 2.20 bits per heavy atom. The molecule has 1 aromatic rings. The number of carboxylic acids is 1. The average Bonchev–Trinajstić information content (AvgIpc) is 2.75. The topological polar surface area (TPSA) is 102 Å². The van der Waals surface area contributed by atoms with Crippen LogP contribution < -0.4 is 5.73 Å². The van der Waals surface area contributed by atoms with E-state index in [0.717, 1.165) is 25.7 Å². The van der Waals surface area contributed by atoms with Crippen molar-refractivity contribution in [3.63, 3.8) is 0 Å². The molecule has 1 saturated carbocycles. The van der Waals surface area contributed by atoms with E-state index in [-0.39, 0.29) is 11.4 Å². The predicted octanol–water partition coefficient (Wildman–Crippen LogP) is 0.582. The molecule has 3 N–H and O–H groups in total. The van der Waals surface area contributed by atoms with E-state index in [0.29, 0.717) is 12.3 Å². The van der Waals surface area contributed by atoms with Crippen molar-refractivity contribution in [2.45, 2.75) is 37.6 Å². The number of aromatic nitrogens is 2. The zero-order valence-electron chi connectivity index (χ0n) is 8.27. The minimum atomic E-state index is -1.18. The maximum Gasteiger partial charge on any atom is 0.377 e. The summed E-state index contributed by atoms with van der Waals surface area (Å²) in [6.07, 6.45) is 4.54. The van der Waals surface area contributed by atoms with Crippen molar-refractivity contribution in [1.29, 1.82) is 0 Å². The lowest BCUT2D eigenvalue weighted by Crippen LogP contribution is -2.38. The smallest absolute Gasteiger partial charge is 0.377 e. The molecule has 2 rings (SSSR count). The van der Waals surface area contributed by atoms with Gasteiger partial charge in [-0.2, -0.15) is 4.98 Å². The zero-order valence-corrected chi connectivity index (χ0v) is 8.27. The van der Waals surface area contributed by atoms with Gasteiger partial charge in [0, 0.05) is 12.0 Å². The molecule has 1 aliphatic rings. The lowest BCUT2D eigenvalue weighted by molar-refractivity contribution is 0.0680. The molecule has 1 aliphatic carbocycles. The Labute approximate surface area is 86.5 Å². The first kappa shape index (κ1) is 10.1. The predicted molar refractivity (Wildman–Crippen MR) is 50.3 cm³/mol. The van der Waals surface area contributed by atoms with Crippen LogP contribution in [0.15, 0.2) is 4.52 Å². The summed E-state index contributed by atoms with van der Waals surface area (Å²) in [6, 6.07) is 0. The second-order valence-corrected chi connectivity index (χ2v) is 4.06. The minimum absolute atomic E-state index is 0.289. The average molecular weight is 211 g/mol. The van der Waals surface area contributed by atoms with E-state index in [1.807, 2.05) is 0 Å². The third-order valence-electron chi connectivity index (χ3n) is 2.76. The fraction of sp³-hybridized carbons (Fsp3) is 0.667. The lowest BCUT2D eigenvalue weighted by atomic mass is 9.95. The third kappa shape index (κ3) is 2.15. The van der Waals surface area contributed by atoms with Crippen LogP contribution >= 0.6 is 0 Å². The first-order valence-corrected chi connectivity index (χ1v) is 4.94. The maximum atomic E-state index is 10.5. The van der Waals surface area contributed by atoms with Gasteiger partial charge in [-0.15, -0.1) is 0 Å². The van der Waals surface area contributed by atoms with Gasteiger partial charge >= 0.3 is 5.97 Å². The van der Waals surface area contributed by atoms with Crippen LogP contribution in [0, 0.1) is 0 Å². The molecule has 1 fully saturated rings. The molecule has 0 atom stereocenters. The second kappa shape index (κ2) is 3.62. The molecule has 0 unspecified atom stereocenters. The quantitative estimate of drug-likeness (QED) is 0.758. The van der Waals surface area contributed by atoms with Gasteiger partial charge < -0.3 is 15.4 Å². The molecule has 0 saturated heterocycles. The molecular weight excluding hydrogens is 198 g/mol. The fourth-order valence-corrected chi connectivity index (χ4v) is 1.97. The molecule has 15 heavy (non-hydrogen) atoms. The van der Waals surface area contributed by atoms with Gasteiger partial charge in [0.25, 0.3) is 5.82 Å². The van der Waals surface area contributed by atoms with Gasteiger partial charge in [-0.3, -0.25) is 0 Å². The van der Waals surface area contributed by atoms with E-state index in [4.69, 9.17) is 15.4 Å². The van der Waals surface area contributed by atoms with Crippen molar-refractivity contribution in [1.82, 2.24) is 10.1 Å². The summed E-state index contributed by atoms with van der Waals surface area (Å²) in [7, 11) is 0. The zero-order chi connectivity index (χ0) is 10.9. The van der Waals surface area contributed by atoms with Crippen molar-refractivity contribution in [2.24, 2.45) is 5.73 Å². The standard InChI is InChI=1S/C9H13N3O3/c10-9(3-1-2-4-9)5-6-11-7(8(13)14)12-15-6/h1-5,10H2,(H,13,14). The van der Waals surface area contributed by atoms with E-state index in [2.05, 4.69) is 10.1 Å². The van der Waals surface area contributed by atoms with Crippen LogP contribution in [0.2, 0.25) is 0 Å². The molecule has 0 aromatic carbocycles. The van der Waals surface area contributed by atoms with Crippen LogP contribution in [-0.4, -0.2) is 26.8 Å². The van der Waals surface area contributed by atoms with Crippen molar-refractivity contribution in [2.75, 3.05) is 0 Å². The van der Waals surface area contributed by atoms with Crippen molar-refractivity contribution < 1.29 is 14.4 Å². The summed E-state index contributed by atoms with van der Waals surface area (Å²) in [4.78, 5) is 14.3. The first-order chi connectivity index (χ1) is 7.09. The summed E-state index contributed by atoms with van der Waals surface area (Å²) >= 11 is 0. The van der Waals surface area contributed by atoms with Gasteiger partial charge in [-0.1, -0.05) is 12.8 Å². The van der Waals surface area contributed by atoms with Gasteiger partial charge in [0.1, 0.15) is 0 Å². The maximum absolute atomic E-state index is 10.5. The molecule has 0 spiro atoms. The highest BCUT2D eigenvalue weighted by Crippen LogP contribution is 2.29. The number of nitrogens with zero attached hydrogens (tertiary/aromatic N) is 2. The number of aromatic carboxylic acids is 1. The number of carboxylic acid groups (broad SMARTS) is 1. The van der Waals surface area contributed by atoms with E-state index < -0.39 is 5.97 Å². The summed E-state index contributed by atoms with van der Waals surface area (Å²) in [5.74, 6) is -1.16. The molecule has 1 aromatic heterocycles. The Hall–Kier alpha value is -1.43. The summed E-state index contributed by atoms with van der Waals surface area (Å²) in [6.45, 7) is 0. The van der Waals surface area contributed by atoms with Crippen LogP contribution in [0.5, 0.6) is 0 Å². The van der Waals surface area contributed by atoms with Crippen LogP contribution in [-0.2, 0) is 6.42 Å². The van der Waals surface area contributed by atoms with Crippen LogP contribution in [0.25, 0.3) is 0 Å². The van der Waals surface area contributed by atoms with Crippen molar-refractivity contribution >= 4 is 5.97 Å². The summed E-state index contributed by atoms with van der Waals surface area (Å²) in [5.41, 5.74) is 5.81. The lowest BCUT2D eigenvalue weighted by Gasteiger charge is -2.20. The van der Waals surface area contributed by atoms with Crippen LogP contribution in [0.3, 0.4) is 0 Å². The fourth-order valence-electron chi connectivity index (χ4n) is 1.97. The molecule has 0 radical (unpaired) electrons. The van der Waals surface area contributed by atoms with E-state index in [1.54, 1.807) is 0 Å². The Morgan fingerprint density at radius 1 is 1.53 bits per heavy atom. The Morgan fingerprint density at radius 3 is 2.73 bits per heavy atom. The monoisotopic (exact) mass is 211 g/mol. The molecule has 1 heterocycles. The van der Waals surface area contributed by atoms with Gasteiger partial charge in [0.15, 0.2) is 0 Å². The van der Waals surface area contributed by atoms with Gasteiger partial charge in [0.2, 0.25) is 5.89 Å². The number of carbonyl (C=O) groups is 1. The largest absolute Gasteiger partial charge is 0.475 e. The molecule has 0 aliphatic heterocycles. The number of hydrogen-bond acceptors (Lipinski definition) is 5. The molecular formula is C9H13N3O3. The number of rotatable bonds is 3. The molecule has 6 heteroatoms. The Balaban J connectivity index is 2.07. The Bertz CT molecular complexity index is 368. The number of nitrogens with two attached hydrogens (primary N) is 1. The highest BCUT2D eigenvalue weighted by Gasteiger charge is 2.31. The van der Waals surface area contributed by atoms with Gasteiger partial charge in [0.05, 0.1) is 0 Å². The van der Waals surface area contributed by atoms with Gasteiger partial charge in [-0.05, 0) is 18.0 Å². The first-order valence-electron chi connectivity index (χ1n) is 4.94. The van der Waals surface area contributed by atoms with Crippen molar-refractivity contribution in [3.8, 4) is 0 Å². The van der Waals surface area contributed by atoms with E-state index in [1.165, 1.54) is 0 Å². The third-order valence-corrected chi connectivity index (χ3v) is 2.76. The highest BCUT2D eigenvalue weighted by molar-refractivity contribution is 5.82. The van der Waals surface area contributed by atoms with E-state index >= 15 is 0 Å². The Kier molecular flexibility index (Phi) is 2.44. The van der Waals surface area contributed by atoms with Crippen LogP contribution in [0.1, 0.15) is 42.2 Å². The van der Waals surface area contributed by atoms with Crippen molar-refractivity contribution in [3.05, 3.63) is 11.7 Å². The molecule has 0 bridgehead atoms. The van der Waals surface area contributed by atoms with E-state index in [9.17, 15) is 4.79 Å². The number of hydrogen-bond donors (Lipinski definition) is 2. The summed E-state index contributed by atoms with van der Waals surface area (Å²) < 4.78 is 4.83. The van der Waals surface area contributed by atoms with Crippen LogP contribution in [0.4, 0.5) is 0 Å².